The first-order valence-electron chi connectivity index (χ1n) is 9.86. The van der Waals surface area contributed by atoms with Gasteiger partial charge in [-0.25, -0.2) is 0 Å². The Morgan fingerprint density at radius 2 is 1.61 bits per heavy atom. The zero-order valence-electron chi connectivity index (χ0n) is 16.6. The van der Waals surface area contributed by atoms with Crippen LogP contribution in [0.3, 0.4) is 0 Å². The van der Waals surface area contributed by atoms with Crippen molar-refractivity contribution in [2.24, 2.45) is 5.41 Å². The van der Waals surface area contributed by atoms with Crippen molar-refractivity contribution in [2.75, 3.05) is 32.1 Å². The van der Waals surface area contributed by atoms with Gasteiger partial charge in [0.15, 0.2) is 0 Å². The Morgan fingerprint density at radius 1 is 1.00 bits per heavy atom. The number of carbonyl (C=O) groups excluding carboxylic acids is 1. The van der Waals surface area contributed by atoms with Gasteiger partial charge in [0.2, 0.25) is 5.91 Å². The first-order chi connectivity index (χ1) is 13.2. The molecule has 0 aliphatic carbocycles. The number of piperidine rings is 1. The molecule has 0 radical (unpaired) electrons. The first kappa shape index (κ1) is 22.4. The van der Waals surface area contributed by atoms with Crippen LogP contribution >= 0.6 is 12.4 Å². The van der Waals surface area contributed by atoms with Gasteiger partial charge in [0.05, 0.1) is 12.0 Å². The number of carbonyl (C=O) groups is 1. The van der Waals surface area contributed by atoms with Crippen molar-refractivity contribution in [3.63, 3.8) is 0 Å². The summed E-state index contributed by atoms with van der Waals surface area (Å²) in [6.07, 6.45) is 4.88. The van der Waals surface area contributed by atoms with Crippen LogP contribution in [0.15, 0.2) is 54.6 Å². The summed E-state index contributed by atoms with van der Waals surface area (Å²) in [5, 5.41) is 6.42. The van der Waals surface area contributed by atoms with Crippen molar-refractivity contribution in [1.82, 2.24) is 5.32 Å². The second-order valence-electron chi connectivity index (χ2n) is 7.45. The maximum absolute atomic E-state index is 12.9. The second-order valence-corrected chi connectivity index (χ2v) is 7.45. The molecule has 1 fully saturated rings. The number of benzene rings is 2. The minimum atomic E-state index is -0.422. The topological polar surface area (TPSA) is 50.4 Å². The van der Waals surface area contributed by atoms with E-state index in [4.69, 9.17) is 4.74 Å². The Balaban J connectivity index is 0.00000280. The van der Waals surface area contributed by atoms with Crippen LogP contribution in [0.1, 0.15) is 30.4 Å². The number of ether oxygens (including phenoxy) is 1. The van der Waals surface area contributed by atoms with E-state index in [1.807, 2.05) is 12.1 Å². The van der Waals surface area contributed by atoms with Gasteiger partial charge in [0.25, 0.3) is 0 Å². The maximum atomic E-state index is 12.9. The van der Waals surface area contributed by atoms with Crippen LogP contribution in [0.2, 0.25) is 0 Å². The fourth-order valence-corrected chi connectivity index (χ4v) is 3.78. The van der Waals surface area contributed by atoms with Gasteiger partial charge in [-0.3, -0.25) is 4.79 Å². The summed E-state index contributed by atoms with van der Waals surface area (Å²) in [6, 6.07) is 18.8. The summed E-state index contributed by atoms with van der Waals surface area (Å²) in [7, 11) is 1.67. The number of hydrogen-bond acceptors (Lipinski definition) is 3. The first-order valence-corrected chi connectivity index (χ1v) is 9.86. The monoisotopic (exact) mass is 402 g/mol. The van der Waals surface area contributed by atoms with Gasteiger partial charge in [-0.1, -0.05) is 42.5 Å². The molecule has 0 spiro atoms. The standard InChI is InChI=1S/C23H30N2O2.ClH/c1-27-18-23(14-16-24-17-15-23)22(26)25-21-12-10-20(11-13-21)9-5-8-19-6-3-2-4-7-19;/h2-4,6-7,10-13,24H,5,8-9,14-18H2,1H3,(H,25,26);1H. The number of rotatable bonds is 8. The van der Waals surface area contributed by atoms with Crippen LogP contribution in [0.5, 0.6) is 0 Å². The Labute approximate surface area is 174 Å². The number of aryl methyl sites for hydroxylation is 2. The van der Waals surface area contributed by atoms with Gasteiger partial charge >= 0.3 is 0 Å². The number of methoxy groups -OCH3 is 1. The van der Waals surface area contributed by atoms with Crippen LogP contribution in [-0.4, -0.2) is 32.7 Å². The lowest BCUT2D eigenvalue weighted by Gasteiger charge is -2.35. The fraction of sp³-hybridized carbons (Fsp3) is 0.435. The average Bonchev–Trinajstić information content (AvgIpc) is 2.71. The predicted octanol–water partition coefficient (Wildman–Crippen LogP) is 4.24. The quantitative estimate of drug-likeness (QED) is 0.694. The van der Waals surface area contributed by atoms with Gasteiger partial charge in [0, 0.05) is 12.8 Å². The molecule has 0 saturated carbocycles. The Morgan fingerprint density at radius 3 is 2.21 bits per heavy atom. The summed E-state index contributed by atoms with van der Waals surface area (Å²) in [6.45, 7) is 2.19. The van der Waals surface area contributed by atoms with Crippen molar-refractivity contribution in [3.8, 4) is 0 Å². The van der Waals surface area contributed by atoms with E-state index in [2.05, 4.69) is 53.1 Å². The van der Waals surface area contributed by atoms with E-state index in [1.54, 1.807) is 7.11 Å². The molecule has 28 heavy (non-hydrogen) atoms. The molecule has 152 valence electrons. The van der Waals surface area contributed by atoms with Crippen molar-refractivity contribution in [1.29, 1.82) is 0 Å². The van der Waals surface area contributed by atoms with Crippen molar-refractivity contribution in [2.45, 2.75) is 32.1 Å². The molecule has 1 amide bonds. The Hall–Kier alpha value is -1.88. The highest BCUT2D eigenvalue weighted by Crippen LogP contribution is 2.31. The summed E-state index contributed by atoms with van der Waals surface area (Å²) >= 11 is 0. The van der Waals surface area contributed by atoms with Crippen LogP contribution < -0.4 is 10.6 Å². The largest absolute Gasteiger partial charge is 0.384 e. The molecule has 0 aromatic heterocycles. The molecule has 2 N–H and O–H groups in total. The molecular formula is C23H31ClN2O2. The molecular weight excluding hydrogens is 372 g/mol. The number of anilines is 1. The molecule has 0 bridgehead atoms. The normalized spacial score (nSPS) is 15.5. The van der Waals surface area contributed by atoms with Gasteiger partial charge in [-0.15, -0.1) is 12.4 Å². The van der Waals surface area contributed by atoms with Crippen LogP contribution in [-0.2, 0) is 22.4 Å². The smallest absolute Gasteiger partial charge is 0.233 e. The fourth-order valence-electron chi connectivity index (χ4n) is 3.78. The minimum absolute atomic E-state index is 0. The Bertz CT molecular complexity index is 708. The second kappa shape index (κ2) is 11.2. The molecule has 1 aliphatic heterocycles. The average molecular weight is 403 g/mol. The van der Waals surface area contributed by atoms with E-state index >= 15 is 0 Å². The highest BCUT2D eigenvalue weighted by Gasteiger charge is 2.39. The van der Waals surface area contributed by atoms with E-state index in [1.165, 1.54) is 11.1 Å². The van der Waals surface area contributed by atoms with Crippen LogP contribution in [0.25, 0.3) is 0 Å². The van der Waals surface area contributed by atoms with E-state index in [9.17, 15) is 4.79 Å². The maximum Gasteiger partial charge on any atom is 0.233 e. The summed E-state index contributed by atoms with van der Waals surface area (Å²) in [4.78, 5) is 12.9. The number of amides is 1. The SMILES string of the molecule is COCC1(C(=O)Nc2ccc(CCCc3ccccc3)cc2)CCNCC1.Cl. The predicted molar refractivity (Wildman–Crippen MR) is 117 cm³/mol. The third-order valence-electron chi connectivity index (χ3n) is 5.45. The van der Waals surface area contributed by atoms with Gasteiger partial charge in [-0.2, -0.15) is 0 Å². The zero-order chi connectivity index (χ0) is 19.0. The van der Waals surface area contributed by atoms with E-state index in [-0.39, 0.29) is 18.3 Å². The number of hydrogen-bond donors (Lipinski definition) is 2. The molecule has 3 rings (SSSR count). The molecule has 0 unspecified atom stereocenters. The molecule has 0 atom stereocenters. The van der Waals surface area contributed by atoms with Crippen molar-refractivity contribution in [3.05, 3.63) is 65.7 Å². The minimum Gasteiger partial charge on any atom is -0.384 e. The zero-order valence-corrected chi connectivity index (χ0v) is 17.4. The van der Waals surface area contributed by atoms with E-state index < -0.39 is 5.41 Å². The van der Waals surface area contributed by atoms with Crippen molar-refractivity contribution >= 4 is 24.0 Å². The lowest BCUT2D eigenvalue weighted by molar-refractivity contribution is -0.130. The van der Waals surface area contributed by atoms with E-state index in [0.717, 1.165) is 50.9 Å². The molecule has 1 saturated heterocycles. The highest BCUT2D eigenvalue weighted by molar-refractivity contribution is 5.95. The highest BCUT2D eigenvalue weighted by atomic mass is 35.5. The third kappa shape index (κ3) is 6.06. The van der Waals surface area contributed by atoms with E-state index in [0.29, 0.717) is 6.61 Å². The van der Waals surface area contributed by atoms with Crippen LogP contribution in [0.4, 0.5) is 5.69 Å². The lowest BCUT2D eigenvalue weighted by atomic mass is 9.78. The van der Waals surface area contributed by atoms with Gasteiger partial charge in [0.1, 0.15) is 0 Å². The molecule has 2 aromatic carbocycles. The number of halogens is 1. The summed E-state index contributed by atoms with van der Waals surface area (Å²) < 4.78 is 5.35. The molecule has 4 nitrogen and oxygen atoms in total. The van der Waals surface area contributed by atoms with Crippen LogP contribution in [0, 0.1) is 5.41 Å². The Kier molecular flexibility index (Phi) is 8.97. The third-order valence-corrected chi connectivity index (χ3v) is 5.45. The summed E-state index contributed by atoms with van der Waals surface area (Å²) in [5.74, 6) is 0.0719. The van der Waals surface area contributed by atoms with Gasteiger partial charge < -0.3 is 15.4 Å². The summed E-state index contributed by atoms with van der Waals surface area (Å²) in [5.41, 5.74) is 3.12. The molecule has 2 aromatic rings. The lowest BCUT2D eigenvalue weighted by Crippen LogP contribution is -2.47. The molecule has 1 heterocycles. The molecule has 1 aliphatic rings. The van der Waals surface area contributed by atoms with Crippen molar-refractivity contribution < 1.29 is 9.53 Å². The number of nitrogens with one attached hydrogen (secondary N) is 2. The van der Waals surface area contributed by atoms with Gasteiger partial charge in [-0.05, 0) is 68.5 Å². The molecule has 5 heteroatoms.